The van der Waals surface area contributed by atoms with Gasteiger partial charge in [-0.25, -0.2) is 8.10 Å². The zero-order valence-electron chi connectivity index (χ0n) is 14.9. The highest BCUT2D eigenvalue weighted by Crippen LogP contribution is 2.38. The first kappa shape index (κ1) is 19.5. The molecular formula is C18H23NO5S. The summed E-state index contributed by atoms with van der Waals surface area (Å²) in [4.78, 5) is 24.0. The minimum Gasteiger partial charge on any atom is -0.724 e. The molecule has 0 saturated heterocycles. The summed E-state index contributed by atoms with van der Waals surface area (Å²) in [6, 6.07) is 5.33. The lowest BCUT2D eigenvalue weighted by molar-refractivity contribution is -0.122. The Bertz CT molecular complexity index is 782. The molecule has 0 aromatic heterocycles. The van der Waals surface area contributed by atoms with Crippen LogP contribution in [0.4, 0.5) is 5.69 Å². The zero-order valence-corrected chi connectivity index (χ0v) is 15.7. The second-order valence-corrected chi connectivity index (χ2v) is 8.01. The standard InChI is InChI=1S/C18H23NO5S/c1-5-15(20)17-16(21)9-8-13(18(17)22)12-7-6-11(2)14(10-12)19(3,4)25(23)24/h6-7,10,13H,5,8-9H2,1-4H3,(H-,20,21,22,23,24). The van der Waals surface area contributed by atoms with E-state index in [-0.39, 0.29) is 39.6 Å². The molecule has 2 atom stereocenters. The summed E-state index contributed by atoms with van der Waals surface area (Å²) in [6.07, 6.45) is 0.725. The second-order valence-electron chi connectivity index (χ2n) is 6.67. The topological polar surface area (TPSA) is 94.5 Å². The number of hydrogen-bond acceptors (Lipinski definition) is 5. The molecule has 0 aliphatic heterocycles. The van der Waals surface area contributed by atoms with E-state index in [1.165, 1.54) is 0 Å². The van der Waals surface area contributed by atoms with Crippen LogP contribution in [0.25, 0.3) is 0 Å². The van der Waals surface area contributed by atoms with E-state index >= 15 is 0 Å². The Hall–Kier alpha value is -1.83. The Labute approximate surface area is 150 Å². The first-order chi connectivity index (χ1) is 11.6. The number of aliphatic hydroxyl groups is 1. The normalized spacial score (nSPS) is 19.9. The number of carbonyl (C=O) groups excluding carboxylic acids is 2. The lowest BCUT2D eigenvalue weighted by Crippen LogP contribution is -2.42. The van der Waals surface area contributed by atoms with Gasteiger partial charge < -0.3 is 9.66 Å². The van der Waals surface area contributed by atoms with Crippen molar-refractivity contribution in [2.24, 2.45) is 0 Å². The SMILES string of the molecule is CCC(=O)C1=C(O)C(c2ccc(C)c([N+](C)(C)S(=O)[O-])c2)CCC1=O. The van der Waals surface area contributed by atoms with Gasteiger partial charge in [0.2, 0.25) is 0 Å². The highest BCUT2D eigenvalue weighted by molar-refractivity contribution is 7.78. The zero-order chi connectivity index (χ0) is 18.9. The maximum atomic E-state index is 12.0. The third kappa shape index (κ3) is 3.58. The number of benzene rings is 1. The number of carbonyl (C=O) groups is 2. The van der Waals surface area contributed by atoms with E-state index in [4.69, 9.17) is 0 Å². The predicted octanol–water partition coefficient (Wildman–Crippen LogP) is 2.59. The van der Waals surface area contributed by atoms with Crippen LogP contribution in [0.15, 0.2) is 29.5 Å². The predicted molar refractivity (Wildman–Crippen MR) is 95.7 cm³/mol. The van der Waals surface area contributed by atoms with E-state index in [0.717, 1.165) is 5.56 Å². The summed E-state index contributed by atoms with van der Waals surface area (Å²) in [5, 5.41) is 10.5. The number of nitrogens with zero attached hydrogens (tertiary/aromatic N) is 1. The van der Waals surface area contributed by atoms with Crippen molar-refractivity contribution >= 4 is 28.5 Å². The van der Waals surface area contributed by atoms with Crippen LogP contribution in [-0.2, 0) is 20.9 Å². The highest BCUT2D eigenvalue weighted by Gasteiger charge is 2.34. The molecular weight excluding hydrogens is 342 g/mol. The third-order valence-corrected chi connectivity index (χ3v) is 5.66. The molecule has 0 bridgehead atoms. The number of Topliss-reactive ketones (excluding diaryl/α,β-unsaturated/α-hetero) is 2. The van der Waals surface area contributed by atoms with E-state index in [9.17, 15) is 23.5 Å². The maximum Gasteiger partial charge on any atom is 0.169 e. The van der Waals surface area contributed by atoms with Crippen LogP contribution < -0.4 is 3.89 Å². The fraction of sp³-hybridized carbons (Fsp3) is 0.444. The van der Waals surface area contributed by atoms with Gasteiger partial charge in [0.1, 0.15) is 11.4 Å². The lowest BCUT2D eigenvalue weighted by atomic mass is 9.81. The van der Waals surface area contributed by atoms with Gasteiger partial charge in [-0.05, 0) is 18.9 Å². The monoisotopic (exact) mass is 365 g/mol. The quantitative estimate of drug-likeness (QED) is 0.492. The molecule has 0 heterocycles. The molecule has 7 heteroatoms. The first-order valence-electron chi connectivity index (χ1n) is 8.15. The first-order valence-corrected chi connectivity index (χ1v) is 9.19. The fourth-order valence-electron chi connectivity index (χ4n) is 3.16. The lowest BCUT2D eigenvalue weighted by Gasteiger charge is -2.32. The summed E-state index contributed by atoms with van der Waals surface area (Å²) >= 11 is -2.38. The van der Waals surface area contributed by atoms with Crippen LogP contribution in [0.3, 0.4) is 0 Å². The van der Waals surface area contributed by atoms with Crippen LogP contribution in [0.5, 0.6) is 0 Å². The summed E-state index contributed by atoms with van der Waals surface area (Å²) in [5.41, 5.74) is 1.97. The van der Waals surface area contributed by atoms with Crippen molar-refractivity contribution in [2.75, 3.05) is 14.1 Å². The third-order valence-electron chi connectivity index (χ3n) is 4.71. The van der Waals surface area contributed by atoms with Crippen molar-refractivity contribution < 1.29 is 23.5 Å². The summed E-state index contributed by atoms with van der Waals surface area (Å²) in [7, 11) is 3.11. The van der Waals surface area contributed by atoms with E-state index in [2.05, 4.69) is 0 Å². The van der Waals surface area contributed by atoms with Gasteiger partial charge in [0, 0.05) is 30.4 Å². The summed E-state index contributed by atoms with van der Waals surface area (Å²) in [5.74, 6) is -1.38. The molecule has 0 spiro atoms. The van der Waals surface area contributed by atoms with Crippen molar-refractivity contribution in [1.82, 2.24) is 3.89 Å². The Morgan fingerprint density at radius 2 is 2.04 bits per heavy atom. The van der Waals surface area contributed by atoms with Gasteiger partial charge in [0.15, 0.2) is 22.8 Å². The van der Waals surface area contributed by atoms with Crippen molar-refractivity contribution in [2.45, 2.75) is 39.0 Å². The molecule has 25 heavy (non-hydrogen) atoms. The van der Waals surface area contributed by atoms with Gasteiger partial charge in [-0.15, -0.1) is 0 Å². The van der Waals surface area contributed by atoms with Crippen molar-refractivity contribution in [3.05, 3.63) is 40.7 Å². The molecule has 1 aliphatic carbocycles. The number of allylic oxidation sites excluding steroid dienone is 2. The molecule has 1 N–H and O–H groups in total. The average Bonchev–Trinajstić information content (AvgIpc) is 2.55. The molecule has 2 unspecified atom stereocenters. The van der Waals surface area contributed by atoms with E-state index < -0.39 is 17.2 Å². The van der Waals surface area contributed by atoms with Crippen molar-refractivity contribution in [1.29, 1.82) is 0 Å². The molecule has 1 aromatic carbocycles. The molecule has 0 fully saturated rings. The van der Waals surface area contributed by atoms with Gasteiger partial charge >= 0.3 is 0 Å². The van der Waals surface area contributed by atoms with Gasteiger partial charge in [-0.1, -0.05) is 19.1 Å². The van der Waals surface area contributed by atoms with Gasteiger partial charge in [0.25, 0.3) is 0 Å². The Morgan fingerprint density at radius 1 is 1.40 bits per heavy atom. The Kier molecular flexibility index (Phi) is 5.61. The maximum absolute atomic E-state index is 12.0. The molecule has 136 valence electrons. The number of ketones is 2. The Balaban J connectivity index is 2.56. The Morgan fingerprint density at radius 3 is 2.60 bits per heavy atom. The smallest absolute Gasteiger partial charge is 0.169 e. The number of aliphatic hydroxyl groups excluding tert-OH is 1. The van der Waals surface area contributed by atoms with Gasteiger partial charge in [0.05, 0.1) is 19.7 Å². The van der Waals surface area contributed by atoms with Gasteiger partial charge in [-0.2, -0.15) is 0 Å². The number of rotatable bonds is 5. The largest absolute Gasteiger partial charge is 0.724 e. The molecule has 1 aliphatic rings. The van der Waals surface area contributed by atoms with E-state index in [1.54, 1.807) is 39.2 Å². The minimum atomic E-state index is -2.38. The molecule has 6 nitrogen and oxygen atoms in total. The molecule has 0 amide bonds. The fourth-order valence-corrected chi connectivity index (χ4v) is 3.51. The van der Waals surface area contributed by atoms with Crippen LogP contribution in [0.1, 0.15) is 43.2 Å². The number of aryl methyl sites for hydroxylation is 1. The summed E-state index contributed by atoms with van der Waals surface area (Å²) in [6.45, 7) is 3.46. The van der Waals surface area contributed by atoms with E-state index in [1.807, 2.05) is 6.92 Å². The van der Waals surface area contributed by atoms with Crippen molar-refractivity contribution in [3.8, 4) is 0 Å². The molecule has 2 rings (SSSR count). The number of hydrogen-bond donors (Lipinski definition) is 1. The average molecular weight is 365 g/mol. The number of quaternary nitrogens is 1. The van der Waals surface area contributed by atoms with Gasteiger partial charge in [-0.3, -0.25) is 9.59 Å². The molecule has 0 radical (unpaired) electrons. The molecule has 1 aromatic rings. The van der Waals surface area contributed by atoms with Crippen molar-refractivity contribution in [3.63, 3.8) is 0 Å². The second kappa shape index (κ2) is 7.19. The summed E-state index contributed by atoms with van der Waals surface area (Å²) < 4.78 is 22.8. The minimum absolute atomic E-state index is 0.109. The van der Waals surface area contributed by atoms with Crippen LogP contribution in [0.2, 0.25) is 0 Å². The van der Waals surface area contributed by atoms with Crippen LogP contribution in [0, 0.1) is 6.92 Å². The molecule has 0 saturated carbocycles. The van der Waals surface area contributed by atoms with Crippen LogP contribution in [-0.4, -0.2) is 39.5 Å². The van der Waals surface area contributed by atoms with E-state index in [0.29, 0.717) is 17.7 Å². The highest BCUT2D eigenvalue weighted by atomic mass is 32.2. The van der Waals surface area contributed by atoms with Crippen LogP contribution >= 0.6 is 0 Å².